The van der Waals surface area contributed by atoms with Gasteiger partial charge in [0, 0.05) is 18.1 Å². The van der Waals surface area contributed by atoms with Crippen molar-refractivity contribution in [1.29, 1.82) is 0 Å². The number of sulfone groups is 1. The van der Waals surface area contributed by atoms with Gasteiger partial charge in [-0.2, -0.15) is 0 Å². The number of likely N-dealkylation sites (tertiary alicyclic amines) is 1. The van der Waals surface area contributed by atoms with Crippen molar-refractivity contribution >= 4 is 27.3 Å². The van der Waals surface area contributed by atoms with Gasteiger partial charge in [-0.25, -0.2) is 8.42 Å². The van der Waals surface area contributed by atoms with Gasteiger partial charge in [0.15, 0.2) is 9.84 Å². The summed E-state index contributed by atoms with van der Waals surface area (Å²) in [5.41, 5.74) is 0.356. The molecular formula is C15H20ClNO4S. The molecule has 0 aromatic heterocycles. The van der Waals surface area contributed by atoms with Crippen LogP contribution in [-0.2, 0) is 9.84 Å². The minimum absolute atomic E-state index is 0.0859. The van der Waals surface area contributed by atoms with Crippen molar-refractivity contribution in [2.75, 3.05) is 26.0 Å². The van der Waals surface area contributed by atoms with E-state index in [1.165, 1.54) is 12.0 Å². The van der Waals surface area contributed by atoms with E-state index >= 15 is 0 Å². The summed E-state index contributed by atoms with van der Waals surface area (Å²) in [6.07, 6.45) is 0. The largest absolute Gasteiger partial charge is 0.496 e. The summed E-state index contributed by atoms with van der Waals surface area (Å²) in [5.74, 6) is 0.418. The zero-order valence-corrected chi connectivity index (χ0v) is 14.4. The molecule has 0 aliphatic carbocycles. The Morgan fingerprint density at radius 2 is 2.05 bits per heavy atom. The molecule has 22 heavy (non-hydrogen) atoms. The lowest BCUT2D eigenvalue weighted by molar-refractivity contribution is 0.0655. The van der Waals surface area contributed by atoms with Crippen LogP contribution in [0.15, 0.2) is 18.2 Å². The summed E-state index contributed by atoms with van der Waals surface area (Å²) in [4.78, 5) is 14.0. The Hall–Kier alpha value is -1.27. The van der Waals surface area contributed by atoms with Crippen molar-refractivity contribution < 1.29 is 17.9 Å². The number of nitrogens with zero attached hydrogens (tertiary/aromatic N) is 1. The average molecular weight is 346 g/mol. The first-order chi connectivity index (χ1) is 10.2. The monoisotopic (exact) mass is 345 g/mol. The maximum Gasteiger partial charge on any atom is 0.257 e. The minimum Gasteiger partial charge on any atom is -0.496 e. The topological polar surface area (TPSA) is 63.7 Å². The minimum atomic E-state index is -3.15. The molecule has 0 bridgehead atoms. The Morgan fingerprint density at radius 3 is 2.59 bits per heavy atom. The molecule has 1 heterocycles. The molecule has 1 fully saturated rings. The van der Waals surface area contributed by atoms with Crippen molar-refractivity contribution in [1.82, 2.24) is 4.90 Å². The van der Waals surface area contributed by atoms with E-state index in [0.717, 1.165) is 0 Å². The van der Waals surface area contributed by atoms with E-state index < -0.39 is 15.1 Å². The van der Waals surface area contributed by atoms with Crippen LogP contribution in [0.1, 0.15) is 24.2 Å². The quantitative estimate of drug-likeness (QED) is 0.821. The van der Waals surface area contributed by atoms with Gasteiger partial charge in [0.25, 0.3) is 5.91 Å². The van der Waals surface area contributed by atoms with Crippen LogP contribution in [-0.4, -0.2) is 50.4 Å². The first-order valence-electron chi connectivity index (χ1n) is 7.09. The van der Waals surface area contributed by atoms with Crippen LogP contribution in [0.5, 0.6) is 5.75 Å². The maximum absolute atomic E-state index is 12.4. The molecule has 2 rings (SSSR count). The number of rotatable bonds is 5. The maximum atomic E-state index is 12.4. The van der Waals surface area contributed by atoms with Gasteiger partial charge in [-0.3, -0.25) is 4.79 Å². The van der Waals surface area contributed by atoms with Crippen molar-refractivity contribution in [3.8, 4) is 5.75 Å². The van der Waals surface area contributed by atoms with Gasteiger partial charge >= 0.3 is 0 Å². The number of benzene rings is 1. The highest BCUT2D eigenvalue weighted by molar-refractivity contribution is 7.92. The fraction of sp³-hybridized carbons (Fsp3) is 0.533. The number of carbonyl (C=O) groups excluding carboxylic acids is 1. The second kappa shape index (κ2) is 6.46. The Kier molecular flexibility index (Phi) is 5.02. The lowest BCUT2D eigenvalue weighted by Crippen LogP contribution is -2.57. The summed E-state index contributed by atoms with van der Waals surface area (Å²) in [6, 6.07) is 4.81. The molecule has 1 saturated heterocycles. The van der Waals surface area contributed by atoms with E-state index in [2.05, 4.69) is 0 Å². The van der Waals surface area contributed by atoms with Crippen molar-refractivity contribution in [2.45, 2.75) is 19.1 Å². The number of carbonyl (C=O) groups is 1. The summed E-state index contributed by atoms with van der Waals surface area (Å²) in [6.45, 7) is 4.19. The van der Waals surface area contributed by atoms with E-state index in [1.54, 1.807) is 18.2 Å². The highest BCUT2D eigenvalue weighted by Crippen LogP contribution is 2.27. The van der Waals surface area contributed by atoms with Crippen LogP contribution in [0.4, 0.5) is 0 Å². The molecule has 0 saturated carbocycles. The molecule has 1 aliphatic rings. The van der Waals surface area contributed by atoms with E-state index in [1.807, 2.05) is 13.8 Å². The molecule has 5 nitrogen and oxygen atoms in total. The summed E-state index contributed by atoms with van der Waals surface area (Å²) >= 11 is 5.92. The number of hydrogen-bond donors (Lipinski definition) is 0. The van der Waals surface area contributed by atoms with E-state index in [4.69, 9.17) is 16.3 Å². The van der Waals surface area contributed by atoms with Crippen LogP contribution in [0, 0.1) is 5.92 Å². The third kappa shape index (κ3) is 3.55. The van der Waals surface area contributed by atoms with E-state index in [0.29, 0.717) is 16.3 Å². The van der Waals surface area contributed by atoms with Crippen LogP contribution < -0.4 is 4.74 Å². The Bertz CT molecular complexity index is 666. The van der Waals surface area contributed by atoms with Crippen molar-refractivity contribution in [3.63, 3.8) is 0 Å². The lowest BCUT2D eigenvalue weighted by atomic mass is 10.1. The summed E-state index contributed by atoms with van der Waals surface area (Å²) in [5, 5.41) is -0.0299. The van der Waals surface area contributed by atoms with Gasteiger partial charge in [-0.05, 0) is 24.1 Å². The lowest BCUT2D eigenvalue weighted by Gasteiger charge is -2.39. The standard InChI is InChI=1S/C15H20ClNO4S/c1-10(2)9-22(19,20)12-7-17(8-12)15(18)13-6-11(16)4-5-14(13)21-3/h4-6,10,12H,7-9H2,1-3H3. The van der Waals surface area contributed by atoms with Gasteiger partial charge < -0.3 is 9.64 Å². The zero-order valence-electron chi connectivity index (χ0n) is 12.9. The summed E-state index contributed by atoms with van der Waals surface area (Å²) in [7, 11) is -1.67. The third-order valence-corrected chi connectivity index (χ3v) is 6.28. The number of hydrogen-bond acceptors (Lipinski definition) is 4. The van der Waals surface area contributed by atoms with Crippen LogP contribution in [0.3, 0.4) is 0 Å². The second-order valence-corrected chi connectivity index (χ2v) is 8.66. The van der Waals surface area contributed by atoms with E-state index in [-0.39, 0.29) is 30.7 Å². The smallest absolute Gasteiger partial charge is 0.257 e. The zero-order chi connectivity index (χ0) is 16.5. The predicted octanol–water partition coefficient (Wildman–Crippen LogP) is 2.24. The van der Waals surface area contributed by atoms with Crippen LogP contribution in [0.25, 0.3) is 0 Å². The molecular weight excluding hydrogens is 326 g/mol. The number of methoxy groups -OCH3 is 1. The second-order valence-electron chi connectivity index (χ2n) is 5.90. The molecule has 0 N–H and O–H groups in total. The number of amides is 1. The van der Waals surface area contributed by atoms with E-state index in [9.17, 15) is 13.2 Å². The van der Waals surface area contributed by atoms with Gasteiger partial charge in [-0.1, -0.05) is 25.4 Å². The first-order valence-corrected chi connectivity index (χ1v) is 9.18. The molecule has 0 spiro atoms. The number of halogens is 1. The fourth-order valence-corrected chi connectivity index (χ4v) is 4.64. The molecule has 0 radical (unpaired) electrons. The molecule has 1 aromatic rings. The van der Waals surface area contributed by atoms with Crippen molar-refractivity contribution in [3.05, 3.63) is 28.8 Å². The molecule has 122 valence electrons. The highest BCUT2D eigenvalue weighted by atomic mass is 35.5. The predicted molar refractivity (Wildman–Crippen MR) is 86.3 cm³/mol. The molecule has 0 atom stereocenters. The van der Waals surface area contributed by atoms with Gasteiger partial charge in [0.1, 0.15) is 5.75 Å². The normalized spacial score (nSPS) is 15.8. The van der Waals surface area contributed by atoms with Gasteiger partial charge in [0.2, 0.25) is 0 Å². The van der Waals surface area contributed by atoms with Crippen LogP contribution in [0.2, 0.25) is 5.02 Å². The molecule has 1 amide bonds. The first kappa shape index (κ1) is 17.1. The Morgan fingerprint density at radius 1 is 1.41 bits per heavy atom. The Labute approximate surface area is 136 Å². The molecule has 0 unspecified atom stereocenters. The van der Waals surface area contributed by atoms with Crippen molar-refractivity contribution in [2.24, 2.45) is 5.92 Å². The number of ether oxygens (including phenoxy) is 1. The molecule has 1 aromatic carbocycles. The van der Waals surface area contributed by atoms with Crippen LogP contribution >= 0.6 is 11.6 Å². The third-order valence-electron chi connectivity index (χ3n) is 3.60. The highest BCUT2D eigenvalue weighted by Gasteiger charge is 2.40. The summed E-state index contributed by atoms with van der Waals surface area (Å²) < 4.78 is 29.4. The SMILES string of the molecule is COc1ccc(Cl)cc1C(=O)N1CC(S(=O)(=O)CC(C)C)C1. The van der Waals surface area contributed by atoms with Gasteiger partial charge in [-0.15, -0.1) is 0 Å². The Balaban J connectivity index is 2.08. The fourth-order valence-electron chi connectivity index (χ4n) is 2.45. The average Bonchev–Trinajstić information content (AvgIpc) is 2.34. The molecule has 7 heteroatoms. The van der Waals surface area contributed by atoms with Gasteiger partial charge in [0.05, 0.1) is 23.7 Å². The molecule has 1 aliphatic heterocycles.